The van der Waals surface area contributed by atoms with Crippen LogP contribution < -0.4 is 71.0 Å². The van der Waals surface area contributed by atoms with Crippen LogP contribution in [0, 0.1) is 0 Å². The van der Waals surface area contributed by atoms with Gasteiger partial charge in [0, 0.05) is 140 Å². The zero-order valence-corrected chi connectivity index (χ0v) is 76.1. The molecule has 27 nitrogen and oxygen atoms in total. The first-order valence-corrected chi connectivity index (χ1v) is 44.5. The summed E-state index contributed by atoms with van der Waals surface area (Å²) >= 11 is 5.08. The van der Waals surface area contributed by atoms with Gasteiger partial charge in [-0.3, -0.25) is 49.2 Å². The minimum absolute atomic E-state index is 0.0294. The molecule has 0 unspecified atom stereocenters. The van der Waals surface area contributed by atoms with Gasteiger partial charge in [0.15, 0.2) is 5.82 Å². The van der Waals surface area contributed by atoms with E-state index in [-0.39, 0.29) is 40.3 Å². The third-order valence-corrected chi connectivity index (χ3v) is 23.5. The minimum Gasteiger partial charge on any atom is -0.497 e. The first-order chi connectivity index (χ1) is 64.8. The quantitative estimate of drug-likeness (QED) is 0.0140. The van der Waals surface area contributed by atoms with Crippen molar-refractivity contribution in [2.45, 2.75) is 71.3 Å². The van der Waals surface area contributed by atoms with Crippen molar-refractivity contribution < 1.29 is 96.6 Å². The predicted octanol–water partition coefficient (Wildman–Crippen LogP) is 22.9. The number of thiophene rings is 4. The number of pyridine rings is 5. The van der Waals surface area contributed by atoms with E-state index >= 15 is 0 Å². The Morgan fingerprint density at radius 3 is 1.10 bits per heavy atom. The van der Waals surface area contributed by atoms with Crippen molar-refractivity contribution in [2.24, 2.45) is 0 Å². The Kier molecular flexibility index (Phi) is 32.7. The number of hydrogen-bond donors (Lipinski definition) is 9. The van der Waals surface area contributed by atoms with E-state index in [9.17, 15) is 58.7 Å². The van der Waals surface area contributed by atoms with Crippen LogP contribution in [0.15, 0.2) is 241 Å². The number of H-pyrrole nitrogens is 1. The summed E-state index contributed by atoms with van der Waals surface area (Å²) in [5.74, 6) is 1.20. The standard InChI is InChI=1S/C25H22F3N3O4S.C25H29N5O3S.C23H18F3N3O3S.C22H17F3N4O2S/c1-33-11-12-34-19-6-7-20-16(8-10-29-22(20)14-19)15-30-21-9-13-36-23(21)24(32)31-17-2-4-18(5-3-17)35-25(26,27)28;1-25(2,3)21-14-22(30-29-21)28-24(31)23-19(8-12-34-23)27-15-16-7-9-26-20-13-17(5-6-18(16)20)33-11-10-32-4;1-31-17-6-7-19-18(12-17)14(8-10-27-19)13-28-20-9-11-33-21(20)22(30)29-15-2-4-16(5-3-15)32-23(24,25)26;1-31-16-2-3-17-13(4-6-27-19(17)9-16)10-28-18-5-7-32-20(18)21(30)29-15-8-14(11-26-12-15)22(23,24)25/h2-10,13-14,30H,11-12,15H2,1H3,(H,31,32);5-9,12-14,27H,10-11,15H2,1-4H3,(H2,28,29,30,31);2-12,28H,13H2,1H3,(H,29,30);2-9,11-12,28H,10H2,1H3,(H,29,30). The maximum Gasteiger partial charge on any atom is 0.573 e. The summed E-state index contributed by atoms with van der Waals surface area (Å²) in [6.45, 7) is 10.1. The maximum atomic E-state index is 12.9. The number of hydrogen-bond acceptors (Lipinski definition) is 26. The average molecular weight is 1930 g/mol. The molecule has 10 heterocycles. The van der Waals surface area contributed by atoms with Gasteiger partial charge in [0.25, 0.3) is 23.6 Å². The van der Waals surface area contributed by atoms with Crippen LogP contribution in [0.3, 0.4) is 0 Å². The van der Waals surface area contributed by atoms with Crippen molar-refractivity contribution in [2.75, 3.05) is 97.4 Å². The number of aromatic nitrogens is 7. The molecule has 0 aliphatic carbocycles. The van der Waals surface area contributed by atoms with Gasteiger partial charge in [0.2, 0.25) is 0 Å². The summed E-state index contributed by atoms with van der Waals surface area (Å²) in [5.41, 5.74) is 10.5. The fraction of sp³-hybridized carbons (Fsp3) is 0.200. The Balaban J connectivity index is 0.000000153. The number of aromatic amines is 1. The van der Waals surface area contributed by atoms with Gasteiger partial charge in [0.05, 0.1) is 89.7 Å². The number of rotatable bonds is 32. The predicted molar refractivity (Wildman–Crippen MR) is 506 cm³/mol. The molecule has 16 aromatic rings. The molecule has 0 spiro atoms. The molecule has 0 aliphatic heterocycles. The molecule has 16 rings (SSSR count). The zero-order valence-electron chi connectivity index (χ0n) is 72.9. The van der Waals surface area contributed by atoms with E-state index in [4.69, 9.17) is 28.4 Å². The Morgan fingerprint density at radius 1 is 0.363 bits per heavy atom. The number of nitrogens with one attached hydrogen (secondary N) is 9. The third-order valence-electron chi connectivity index (χ3n) is 19.8. The smallest absolute Gasteiger partial charge is 0.497 e. The minimum atomic E-state index is -4.78. The van der Waals surface area contributed by atoms with E-state index in [2.05, 4.69) is 108 Å². The first kappa shape index (κ1) is 97.8. The number of ether oxygens (including phenoxy) is 8. The van der Waals surface area contributed by atoms with E-state index in [1.165, 1.54) is 75.8 Å². The highest BCUT2D eigenvalue weighted by atomic mass is 32.1. The molecule has 135 heavy (non-hydrogen) atoms. The van der Waals surface area contributed by atoms with Crippen molar-refractivity contribution in [3.05, 3.63) is 294 Å². The van der Waals surface area contributed by atoms with E-state index in [0.29, 0.717) is 124 Å². The van der Waals surface area contributed by atoms with E-state index < -0.39 is 30.4 Å². The molecule has 700 valence electrons. The highest BCUT2D eigenvalue weighted by molar-refractivity contribution is 7.14. The summed E-state index contributed by atoms with van der Waals surface area (Å²) in [7, 11) is 6.45. The lowest BCUT2D eigenvalue weighted by molar-refractivity contribution is -0.275. The zero-order chi connectivity index (χ0) is 95.8. The molecule has 0 radical (unpaired) electrons. The fourth-order valence-electron chi connectivity index (χ4n) is 13.2. The number of alkyl halides is 9. The molecule has 6 aromatic carbocycles. The summed E-state index contributed by atoms with van der Waals surface area (Å²) < 4.78 is 152. The molecule has 0 aliphatic rings. The molecular weight excluding hydrogens is 1840 g/mol. The number of methoxy groups -OCH3 is 4. The topological polar surface area (TPSA) is 331 Å². The van der Waals surface area contributed by atoms with Gasteiger partial charge in [0.1, 0.15) is 67.2 Å². The van der Waals surface area contributed by atoms with Gasteiger partial charge >= 0.3 is 18.9 Å². The fourth-order valence-corrected chi connectivity index (χ4v) is 16.3. The highest BCUT2D eigenvalue weighted by Gasteiger charge is 2.34. The van der Waals surface area contributed by atoms with Crippen LogP contribution in [0.25, 0.3) is 43.6 Å². The van der Waals surface area contributed by atoms with E-state index in [0.717, 1.165) is 119 Å². The molecular formula is C95H86F9N15O12S4. The number of carbonyl (C=O) groups is 4. The lowest BCUT2D eigenvalue weighted by Crippen LogP contribution is -2.17. The van der Waals surface area contributed by atoms with Crippen molar-refractivity contribution in [1.29, 1.82) is 0 Å². The van der Waals surface area contributed by atoms with Gasteiger partial charge in [-0.25, -0.2) is 0 Å². The number of halogens is 9. The van der Waals surface area contributed by atoms with Crippen LogP contribution in [-0.2, 0) is 47.2 Å². The molecule has 0 bridgehead atoms. The van der Waals surface area contributed by atoms with Crippen LogP contribution in [0.4, 0.5) is 85.1 Å². The van der Waals surface area contributed by atoms with Gasteiger partial charge in [-0.1, -0.05) is 20.8 Å². The highest BCUT2D eigenvalue weighted by Crippen LogP contribution is 2.37. The molecule has 40 heteroatoms. The summed E-state index contributed by atoms with van der Waals surface area (Å²) in [6, 6.07) is 50.3. The van der Waals surface area contributed by atoms with Crippen LogP contribution in [0.2, 0.25) is 0 Å². The number of carbonyl (C=O) groups excluding carboxylic acids is 4. The largest absolute Gasteiger partial charge is 0.573 e. The maximum absolute atomic E-state index is 12.9. The van der Waals surface area contributed by atoms with E-state index in [1.807, 2.05) is 115 Å². The second kappa shape index (κ2) is 45.1. The van der Waals surface area contributed by atoms with Crippen molar-refractivity contribution >= 4 is 158 Å². The second-order valence-corrected chi connectivity index (χ2v) is 33.8. The molecule has 9 N–H and O–H groups in total. The van der Waals surface area contributed by atoms with Gasteiger partial charge in [-0.05, 0) is 201 Å². The Bertz CT molecular complexity index is 6750. The third kappa shape index (κ3) is 27.5. The lowest BCUT2D eigenvalue weighted by atomic mass is 9.92. The summed E-state index contributed by atoms with van der Waals surface area (Å²) in [6.07, 6.45) is -5.29. The molecule has 10 aromatic heterocycles. The van der Waals surface area contributed by atoms with Crippen LogP contribution in [-0.4, -0.2) is 126 Å². The number of amides is 4. The molecule has 0 saturated heterocycles. The summed E-state index contributed by atoms with van der Waals surface area (Å²) in [5, 5.41) is 42.2. The first-order valence-electron chi connectivity index (χ1n) is 41.0. The Hall–Kier alpha value is -14.7. The van der Waals surface area contributed by atoms with Gasteiger partial charge in [-0.15, -0.1) is 71.7 Å². The number of benzene rings is 6. The second-order valence-electron chi connectivity index (χ2n) is 30.1. The normalized spacial score (nSPS) is 11.4. The number of anilines is 8. The van der Waals surface area contributed by atoms with Crippen molar-refractivity contribution in [3.63, 3.8) is 0 Å². The number of nitrogens with zero attached hydrogens (tertiary/aromatic N) is 6. The van der Waals surface area contributed by atoms with Crippen LogP contribution >= 0.6 is 45.3 Å². The number of fused-ring (bicyclic) bond motifs is 4. The molecule has 4 amide bonds. The Labute approximate surface area is 782 Å². The average Bonchev–Trinajstić information content (AvgIpc) is 1.42. The van der Waals surface area contributed by atoms with Crippen LogP contribution in [0.5, 0.6) is 34.5 Å². The summed E-state index contributed by atoms with van der Waals surface area (Å²) in [4.78, 5) is 74.1. The molecule has 0 saturated carbocycles. The Morgan fingerprint density at radius 2 is 0.719 bits per heavy atom. The lowest BCUT2D eigenvalue weighted by Gasteiger charge is -2.14. The van der Waals surface area contributed by atoms with Gasteiger partial charge < -0.3 is 80.4 Å². The van der Waals surface area contributed by atoms with Crippen molar-refractivity contribution in [3.8, 4) is 34.5 Å². The van der Waals surface area contributed by atoms with Gasteiger partial charge in [-0.2, -0.15) is 18.3 Å². The van der Waals surface area contributed by atoms with Crippen LogP contribution in [0.1, 0.15) is 93.0 Å². The SMILES string of the molecule is COCCOc1ccc2c(CNc3ccsc3C(=O)Nc3cc(C(C)(C)C)[nH]n3)ccnc2c1.COCCOc1ccc2c(CNc3ccsc3C(=O)Nc3ccc(OC(F)(F)F)cc3)ccnc2c1.COc1ccc2c(CNc3ccsc3C(=O)Nc3cncc(C(F)(F)F)c3)ccnc2c1.COc1ccc2nccc(CNc3ccsc3C(=O)Nc3ccc(OC(F)(F)F)cc3)c2c1. The monoisotopic (exact) mass is 1930 g/mol. The molecule has 0 atom stereocenters. The van der Waals surface area contributed by atoms with Crippen molar-refractivity contribution in [1.82, 2.24) is 35.1 Å². The molecule has 0 fully saturated rings. The van der Waals surface area contributed by atoms with E-state index in [1.54, 1.807) is 87.6 Å².